The van der Waals surface area contributed by atoms with Gasteiger partial charge in [-0.15, -0.1) is 0 Å². The third kappa shape index (κ3) is 3.40. The molecule has 0 amide bonds. The maximum atomic E-state index is 5.39. The smallest absolute Gasteiger partial charge is 0.243 e. The minimum absolute atomic E-state index is 0.158. The highest BCUT2D eigenvalue weighted by Crippen LogP contribution is 2.21. The minimum Gasteiger partial charge on any atom is -0.340 e. The fourth-order valence-corrected chi connectivity index (χ4v) is 3.23. The quantitative estimate of drug-likeness (QED) is 0.757. The molecule has 3 aromatic rings. The molecule has 1 aliphatic rings. The number of H-pyrrole nitrogens is 1. The Morgan fingerprint density at radius 1 is 1.24 bits per heavy atom. The zero-order valence-corrected chi connectivity index (χ0v) is 14.6. The number of hydrogen-bond acceptors (Lipinski definition) is 7. The van der Waals surface area contributed by atoms with E-state index in [1.54, 1.807) is 6.20 Å². The van der Waals surface area contributed by atoms with Crippen LogP contribution in [0.4, 0.5) is 0 Å². The lowest BCUT2D eigenvalue weighted by Gasteiger charge is -2.36. The fourth-order valence-electron chi connectivity index (χ4n) is 3.23. The van der Waals surface area contributed by atoms with E-state index >= 15 is 0 Å². The van der Waals surface area contributed by atoms with Gasteiger partial charge >= 0.3 is 0 Å². The van der Waals surface area contributed by atoms with E-state index in [4.69, 9.17) is 4.52 Å². The Balaban J connectivity index is 1.34. The second-order valence-corrected chi connectivity index (χ2v) is 6.45. The van der Waals surface area contributed by atoms with Gasteiger partial charge in [-0.05, 0) is 19.1 Å². The van der Waals surface area contributed by atoms with Crippen LogP contribution >= 0.6 is 0 Å². The van der Waals surface area contributed by atoms with Crippen molar-refractivity contribution in [1.82, 2.24) is 34.9 Å². The molecule has 4 heterocycles. The zero-order chi connectivity index (χ0) is 17.2. The SMILES string of the molecule is CCc1noc([C@H](C)N2CCN(Cc3nc4ncccc4[nH]3)CC2)n1. The molecular formula is C17H23N7O. The monoisotopic (exact) mass is 341 g/mol. The van der Waals surface area contributed by atoms with Crippen molar-refractivity contribution in [2.75, 3.05) is 26.2 Å². The molecule has 132 valence electrons. The number of aromatic amines is 1. The predicted octanol–water partition coefficient (Wildman–Crippen LogP) is 1.78. The summed E-state index contributed by atoms with van der Waals surface area (Å²) in [5.74, 6) is 2.47. The molecule has 0 unspecified atom stereocenters. The highest BCUT2D eigenvalue weighted by Gasteiger charge is 2.26. The van der Waals surface area contributed by atoms with Crippen LogP contribution in [0.5, 0.6) is 0 Å². The number of aryl methyl sites for hydroxylation is 1. The first-order valence-electron chi connectivity index (χ1n) is 8.81. The average molecular weight is 341 g/mol. The van der Waals surface area contributed by atoms with Crippen LogP contribution in [0, 0.1) is 0 Å². The second kappa shape index (κ2) is 6.89. The molecule has 8 heteroatoms. The van der Waals surface area contributed by atoms with Crippen LogP contribution in [-0.2, 0) is 13.0 Å². The van der Waals surface area contributed by atoms with E-state index in [1.807, 2.05) is 19.1 Å². The van der Waals surface area contributed by atoms with E-state index in [2.05, 4.69) is 41.8 Å². The van der Waals surface area contributed by atoms with Gasteiger partial charge in [-0.1, -0.05) is 12.1 Å². The van der Waals surface area contributed by atoms with Gasteiger partial charge in [0.25, 0.3) is 0 Å². The number of nitrogens with zero attached hydrogens (tertiary/aromatic N) is 6. The summed E-state index contributed by atoms with van der Waals surface area (Å²) in [5.41, 5.74) is 1.78. The molecule has 1 atom stereocenters. The Morgan fingerprint density at radius 3 is 2.80 bits per heavy atom. The molecule has 0 saturated carbocycles. The highest BCUT2D eigenvalue weighted by molar-refractivity contribution is 5.69. The summed E-state index contributed by atoms with van der Waals surface area (Å²) in [4.78, 5) is 21.5. The first kappa shape index (κ1) is 16.2. The van der Waals surface area contributed by atoms with Gasteiger partial charge in [0.1, 0.15) is 5.82 Å². The van der Waals surface area contributed by atoms with Crippen molar-refractivity contribution in [3.05, 3.63) is 35.9 Å². The van der Waals surface area contributed by atoms with E-state index < -0.39 is 0 Å². The first-order valence-corrected chi connectivity index (χ1v) is 8.81. The molecule has 8 nitrogen and oxygen atoms in total. The molecule has 0 aliphatic carbocycles. The maximum absolute atomic E-state index is 5.39. The van der Waals surface area contributed by atoms with Crippen LogP contribution in [0.3, 0.4) is 0 Å². The van der Waals surface area contributed by atoms with Crippen LogP contribution < -0.4 is 0 Å². The second-order valence-electron chi connectivity index (χ2n) is 6.45. The molecule has 1 N–H and O–H groups in total. The predicted molar refractivity (Wildman–Crippen MR) is 92.8 cm³/mol. The van der Waals surface area contributed by atoms with Crippen molar-refractivity contribution in [3.8, 4) is 0 Å². The molecule has 25 heavy (non-hydrogen) atoms. The van der Waals surface area contributed by atoms with Crippen molar-refractivity contribution in [3.63, 3.8) is 0 Å². The first-order chi connectivity index (χ1) is 12.2. The van der Waals surface area contributed by atoms with Crippen LogP contribution in [0.1, 0.15) is 37.4 Å². The number of piperazine rings is 1. The van der Waals surface area contributed by atoms with Crippen LogP contribution in [0.25, 0.3) is 11.2 Å². The van der Waals surface area contributed by atoms with Crippen molar-refractivity contribution in [2.24, 2.45) is 0 Å². The van der Waals surface area contributed by atoms with E-state index in [9.17, 15) is 0 Å². The molecule has 0 aromatic carbocycles. The van der Waals surface area contributed by atoms with Gasteiger partial charge in [0, 0.05) is 38.8 Å². The standard InChI is InChI=1S/C17H23N7O/c1-3-14-21-17(25-22-14)12(2)24-9-7-23(8-10-24)11-15-19-13-5-4-6-18-16(13)20-15/h4-6,12H,3,7-11H2,1-2H3,(H,18,19,20)/t12-/m0/s1. The molecule has 1 saturated heterocycles. The third-order valence-electron chi connectivity index (χ3n) is 4.79. The van der Waals surface area contributed by atoms with Gasteiger partial charge in [-0.3, -0.25) is 9.80 Å². The topological polar surface area (TPSA) is 87.0 Å². The summed E-state index contributed by atoms with van der Waals surface area (Å²) in [7, 11) is 0. The van der Waals surface area contributed by atoms with Gasteiger partial charge < -0.3 is 9.51 Å². The molecule has 0 spiro atoms. The minimum atomic E-state index is 0.158. The lowest BCUT2D eigenvalue weighted by atomic mass is 10.2. The van der Waals surface area contributed by atoms with Crippen LogP contribution in [0.2, 0.25) is 0 Å². The summed E-state index contributed by atoms with van der Waals surface area (Å²) < 4.78 is 5.39. The summed E-state index contributed by atoms with van der Waals surface area (Å²) in [5, 5.41) is 4.00. The van der Waals surface area contributed by atoms with Gasteiger partial charge in [0.2, 0.25) is 5.89 Å². The normalized spacial score (nSPS) is 18.0. The number of fused-ring (bicyclic) bond motifs is 1. The molecular weight excluding hydrogens is 318 g/mol. The number of aromatic nitrogens is 5. The number of pyridine rings is 1. The third-order valence-corrected chi connectivity index (χ3v) is 4.79. The largest absolute Gasteiger partial charge is 0.340 e. The zero-order valence-electron chi connectivity index (χ0n) is 14.6. The number of imidazole rings is 1. The van der Waals surface area contributed by atoms with Gasteiger partial charge in [-0.2, -0.15) is 4.98 Å². The molecule has 3 aromatic heterocycles. The Kier molecular flexibility index (Phi) is 4.46. The Hall–Kier alpha value is -2.32. The number of nitrogens with one attached hydrogen (secondary N) is 1. The molecule has 1 fully saturated rings. The van der Waals surface area contributed by atoms with E-state index in [0.717, 1.165) is 62.0 Å². The van der Waals surface area contributed by atoms with Gasteiger partial charge in [0.05, 0.1) is 18.1 Å². The molecule has 1 aliphatic heterocycles. The fraction of sp³-hybridized carbons (Fsp3) is 0.529. The van der Waals surface area contributed by atoms with Crippen LogP contribution in [-0.4, -0.2) is 61.1 Å². The van der Waals surface area contributed by atoms with Crippen molar-refractivity contribution in [1.29, 1.82) is 0 Å². The number of rotatable bonds is 5. The van der Waals surface area contributed by atoms with Crippen LogP contribution in [0.15, 0.2) is 22.9 Å². The Bertz CT molecular complexity index is 801. The van der Waals surface area contributed by atoms with E-state index in [0.29, 0.717) is 5.89 Å². The van der Waals surface area contributed by atoms with E-state index in [1.165, 1.54) is 0 Å². The molecule has 4 rings (SSSR count). The lowest BCUT2D eigenvalue weighted by Crippen LogP contribution is -2.46. The van der Waals surface area contributed by atoms with Gasteiger partial charge in [-0.25, -0.2) is 9.97 Å². The lowest BCUT2D eigenvalue weighted by molar-refractivity contribution is 0.0833. The summed E-state index contributed by atoms with van der Waals surface area (Å²) in [6.07, 6.45) is 2.57. The van der Waals surface area contributed by atoms with Crippen molar-refractivity contribution >= 4 is 11.2 Å². The molecule has 0 bridgehead atoms. The highest BCUT2D eigenvalue weighted by atomic mass is 16.5. The molecule has 0 radical (unpaired) electrons. The number of hydrogen-bond donors (Lipinski definition) is 1. The summed E-state index contributed by atoms with van der Waals surface area (Å²) in [6.45, 7) is 8.92. The Labute approximate surface area is 146 Å². The summed E-state index contributed by atoms with van der Waals surface area (Å²) in [6, 6.07) is 4.09. The van der Waals surface area contributed by atoms with Gasteiger partial charge in [0.15, 0.2) is 11.5 Å². The van der Waals surface area contributed by atoms with Crippen molar-refractivity contribution < 1.29 is 4.52 Å². The summed E-state index contributed by atoms with van der Waals surface area (Å²) >= 11 is 0. The van der Waals surface area contributed by atoms with E-state index in [-0.39, 0.29) is 6.04 Å². The average Bonchev–Trinajstić information content (AvgIpc) is 3.28. The van der Waals surface area contributed by atoms with Crippen molar-refractivity contribution in [2.45, 2.75) is 32.9 Å². The maximum Gasteiger partial charge on any atom is 0.243 e. The Morgan fingerprint density at radius 2 is 2.08 bits per heavy atom.